The van der Waals surface area contributed by atoms with Crippen LogP contribution in [-0.4, -0.2) is 0 Å². The third-order valence-electron chi connectivity index (χ3n) is 5.08. The molecule has 12 heteroatoms. The lowest BCUT2D eigenvalue weighted by molar-refractivity contribution is 0.380. The highest BCUT2D eigenvalue weighted by molar-refractivity contribution is 6.11. The van der Waals surface area contributed by atoms with E-state index in [2.05, 4.69) is 0 Å². The van der Waals surface area contributed by atoms with E-state index in [1.165, 1.54) is 13.8 Å². The van der Waals surface area contributed by atoms with Gasteiger partial charge in [-0.15, -0.1) is 0 Å². The normalized spacial score (nSPS) is 12.1. The number of rotatable bonds is 2. The Morgan fingerprint density at radius 3 is 1.27 bits per heavy atom. The molecule has 0 saturated heterocycles. The summed E-state index contributed by atoms with van der Waals surface area (Å²) in [7, 11) is 0. The van der Waals surface area contributed by atoms with Gasteiger partial charge in [0.25, 0.3) is 0 Å². The summed E-state index contributed by atoms with van der Waals surface area (Å²) in [5.41, 5.74) is -7.01. The van der Waals surface area contributed by atoms with Crippen molar-refractivity contribution in [3.63, 3.8) is 0 Å². The molecule has 33 heavy (non-hydrogen) atoms. The summed E-state index contributed by atoms with van der Waals surface area (Å²) in [5, 5.41) is -2.68. The highest BCUT2D eigenvalue weighted by atomic mass is 19.2. The van der Waals surface area contributed by atoms with E-state index in [1.54, 1.807) is 0 Å². The van der Waals surface area contributed by atoms with Crippen molar-refractivity contribution < 1.29 is 52.7 Å². The standard InChI is InChI=1S/C21H7F11O/c1-3(2)4-9(22)15(28)13(26)7-8-14(27)16(29)12(25)6(21(8)33-20(4)7)5-10(23)17(30)19(32)18(31)11(5)24/h3H,1-2H3. The monoisotopic (exact) mass is 484 g/mol. The van der Waals surface area contributed by atoms with Gasteiger partial charge in [-0.05, 0) is 5.92 Å². The number of benzene rings is 3. The Balaban J connectivity index is 2.37. The first-order chi connectivity index (χ1) is 15.3. The largest absolute Gasteiger partial charge is 0.455 e. The zero-order chi connectivity index (χ0) is 24.7. The molecule has 174 valence electrons. The fourth-order valence-electron chi connectivity index (χ4n) is 3.62. The molecular formula is C21H7F11O. The van der Waals surface area contributed by atoms with Crippen molar-refractivity contribution in [1.82, 2.24) is 0 Å². The first kappa shape index (κ1) is 22.9. The molecule has 0 spiro atoms. The van der Waals surface area contributed by atoms with Gasteiger partial charge >= 0.3 is 0 Å². The van der Waals surface area contributed by atoms with E-state index < -0.39 is 109 Å². The summed E-state index contributed by atoms with van der Waals surface area (Å²) < 4.78 is 161. The number of hydrogen-bond donors (Lipinski definition) is 0. The van der Waals surface area contributed by atoms with Crippen LogP contribution in [0.4, 0.5) is 48.3 Å². The number of furan rings is 1. The predicted octanol–water partition coefficient (Wildman–Crippen LogP) is 7.91. The minimum Gasteiger partial charge on any atom is -0.455 e. The van der Waals surface area contributed by atoms with E-state index in [0.717, 1.165) is 0 Å². The van der Waals surface area contributed by atoms with Crippen LogP contribution in [0, 0.1) is 64.0 Å². The smallest absolute Gasteiger partial charge is 0.200 e. The highest BCUT2D eigenvalue weighted by Crippen LogP contribution is 2.46. The molecule has 0 bridgehead atoms. The van der Waals surface area contributed by atoms with Crippen molar-refractivity contribution in [1.29, 1.82) is 0 Å². The zero-order valence-electron chi connectivity index (χ0n) is 16.1. The first-order valence-electron chi connectivity index (χ1n) is 8.93. The lowest BCUT2D eigenvalue weighted by atomic mass is 9.96. The predicted molar refractivity (Wildman–Crippen MR) is 92.8 cm³/mol. The second kappa shape index (κ2) is 7.35. The van der Waals surface area contributed by atoms with Crippen molar-refractivity contribution in [2.75, 3.05) is 0 Å². The van der Waals surface area contributed by atoms with Gasteiger partial charge in [0.2, 0.25) is 5.82 Å². The summed E-state index contributed by atoms with van der Waals surface area (Å²) >= 11 is 0. The van der Waals surface area contributed by atoms with Gasteiger partial charge in [0.1, 0.15) is 11.2 Å². The highest BCUT2D eigenvalue weighted by Gasteiger charge is 2.36. The van der Waals surface area contributed by atoms with Crippen molar-refractivity contribution >= 4 is 21.9 Å². The SMILES string of the molecule is CC(C)c1c(F)c(F)c(F)c2c1oc1c(-c3c(F)c(F)c(F)c(F)c3F)c(F)c(F)c(F)c12. The second-order valence-electron chi connectivity index (χ2n) is 7.28. The molecule has 4 rings (SSSR count). The van der Waals surface area contributed by atoms with Gasteiger partial charge in [0.05, 0.1) is 21.9 Å². The quantitative estimate of drug-likeness (QED) is 0.160. The molecule has 0 saturated carbocycles. The molecule has 0 aliphatic carbocycles. The van der Waals surface area contributed by atoms with Gasteiger partial charge in [-0.25, -0.2) is 48.3 Å². The van der Waals surface area contributed by atoms with Gasteiger partial charge in [0.15, 0.2) is 58.2 Å². The lowest BCUT2D eigenvalue weighted by Gasteiger charge is -2.11. The summed E-state index contributed by atoms with van der Waals surface area (Å²) in [6.07, 6.45) is 0. The van der Waals surface area contributed by atoms with E-state index in [-0.39, 0.29) is 0 Å². The first-order valence-corrected chi connectivity index (χ1v) is 8.93. The van der Waals surface area contributed by atoms with Gasteiger partial charge in [-0.2, -0.15) is 0 Å². The van der Waals surface area contributed by atoms with Gasteiger partial charge < -0.3 is 4.42 Å². The summed E-state index contributed by atoms with van der Waals surface area (Å²) in [4.78, 5) is 0. The minimum atomic E-state index is -2.64. The Hall–Kier alpha value is -3.31. The van der Waals surface area contributed by atoms with Crippen LogP contribution in [0.25, 0.3) is 33.1 Å². The van der Waals surface area contributed by atoms with Crippen LogP contribution in [0.5, 0.6) is 0 Å². The molecule has 0 radical (unpaired) electrons. The van der Waals surface area contributed by atoms with Crippen LogP contribution >= 0.6 is 0 Å². The van der Waals surface area contributed by atoms with E-state index in [0.29, 0.717) is 0 Å². The Bertz CT molecular complexity index is 1470. The Morgan fingerprint density at radius 2 is 0.788 bits per heavy atom. The maximum absolute atomic E-state index is 14.7. The summed E-state index contributed by atoms with van der Waals surface area (Å²) in [6, 6.07) is 0. The average molecular weight is 484 g/mol. The van der Waals surface area contributed by atoms with Crippen LogP contribution in [0.2, 0.25) is 0 Å². The number of fused-ring (bicyclic) bond motifs is 3. The van der Waals surface area contributed by atoms with E-state index >= 15 is 0 Å². The molecule has 3 aromatic carbocycles. The van der Waals surface area contributed by atoms with E-state index in [4.69, 9.17) is 4.42 Å². The molecule has 1 nitrogen and oxygen atoms in total. The maximum Gasteiger partial charge on any atom is 0.200 e. The molecule has 1 heterocycles. The molecule has 0 amide bonds. The summed E-state index contributed by atoms with van der Waals surface area (Å²) in [6.45, 7) is 2.51. The lowest BCUT2D eigenvalue weighted by Crippen LogP contribution is -2.07. The molecule has 0 aliphatic rings. The fourth-order valence-corrected chi connectivity index (χ4v) is 3.62. The average Bonchev–Trinajstić information content (AvgIpc) is 3.15. The van der Waals surface area contributed by atoms with Crippen LogP contribution in [-0.2, 0) is 0 Å². The Morgan fingerprint density at radius 1 is 0.424 bits per heavy atom. The molecule has 0 unspecified atom stereocenters. The van der Waals surface area contributed by atoms with Crippen LogP contribution < -0.4 is 0 Å². The second-order valence-corrected chi connectivity index (χ2v) is 7.28. The van der Waals surface area contributed by atoms with Crippen molar-refractivity contribution in [2.24, 2.45) is 0 Å². The molecule has 1 aromatic heterocycles. The van der Waals surface area contributed by atoms with Crippen molar-refractivity contribution in [2.45, 2.75) is 19.8 Å². The van der Waals surface area contributed by atoms with E-state index in [1.807, 2.05) is 0 Å². The van der Waals surface area contributed by atoms with Crippen LogP contribution in [0.1, 0.15) is 25.3 Å². The Kier molecular flexibility index (Phi) is 5.10. The third-order valence-corrected chi connectivity index (χ3v) is 5.08. The van der Waals surface area contributed by atoms with E-state index in [9.17, 15) is 48.3 Å². The topological polar surface area (TPSA) is 13.1 Å². The Labute approximate surface area is 176 Å². The van der Waals surface area contributed by atoms with Gasteiger partial charge in [-0.3, -0.25) is 0 Å². The number of halogens is 11. The van der Waals surface area contributed by atoms with Gasteiger partial charge in [0, 0.05) is 5.56 Å². The molecule has 4 aromatic rings. The third kappa shape index (κ3) is 2.85. The molecule has 0 atom stereocenters. The zero-order valence-corrected chi connectivity index (χ0v) is 16.1. The summed E-state index contributed by atoms with van der Waals surface area (Å²) in [5.74, 6) is -27.3. The van der Waals surface area contributed by atoms with Crippen molar-refractivity contribution in [3.8, 4) is 11.1 Å². The minimum absolute atomic E-state index is 0.733. The van der Waals surface area contributed by atoms with Crippen LogP contribution in [0.3, 0.4) is 0 Å². The fraction of sp³-hybridized carbons (Fsp3) is 0.143. The van der Waals surface area contributed by atoms with Gasteiger partial charge in [-0.1, -0.05) is 13.8 Å². The molecule has 0 aliphatic heterocycles. The molecule has 0 N–H and O–H groups in total. The maximum atomic E-state index is 14.7. The van der Waals surface area contributed by atoms with Crippen molar-refractivity contribution in [3.05, 3.63) is 69.6 Å². The molecular weight excluding hydrogens is 477 g/mol. The molecule has 0 fully saturated rings. The number of hydrogen-bond acceptors (Lipinski definition) is 1. The van der Waals surface area contributed by atoms with Crippen LogP contribution in [0.15, 0.2) is 4.42 Å².